The number of hydrogen-bond donors (Lipinski definition) is 1. The molecule has 0 radical (unpaired) electrons. The van der Waals surface area contributed by atoms with Crippen LogP contribution in [-0.2, 0) is 0 Å². The molecule has 1 heterocycles. The monoisotopic (exact) mass is 272 g/mol. The third-order valence-electron chi connectivity index (χ3n) is 2.79. The summed E-state index contributed by atoms with van der Waals surface area (Å²) < 4.78 is 4.98. The van der Waals surface area contributed by atoms with Gasteiger partial charge in [0.25, 0.3) is 5.95 Å². The number of ether oxygens (including phenoxy) is 1. The molecule has 104 valence electrons. The van der Waals surface area contributed by atoms with Crippen LogP contribution in [0.4, 0.5) is 5.95 Å². The van der Waals surface area contributed by atoms with Crippen molar-refractivity contribution in [3.05, 3.63) is 35.2 Å². The molecule has 6 heteroatoms. The summed E-state index contributed by atoms with van der Waals surface area (Å²) in [6.45, 7) is 5.37. The molecule has 1 aromatic heterocycles. The van der Waals surface area contributed by atoms with Crippen LogP contribution in [0.15, 0.2) is 23.2 Å². The van der Waals surface area contributed by atoms with Gasteiger partial charge < -0.3 is 9.84 Å². The van der Waals surface area contributed by atoms with E-state index in [9.17, 15) is 5.11 Å². The van der Waals surface area contributed by atoms with Crippen LogP contribution in [0, 0.1) is 13.8 Å². The van der Waals surface area contributed by atoms with Crippen molar-refractivity contribution >= 4 is 11.7 Å². The lowest BCUT2D eigenvalue weighted by Gasteiger charge is -2.06. The molecule has 6 nitrogen and oxygen atoms in total. The zero-order valence-corrected chi connectivity index (χ0v) is 11.9. The molecule has 0 aliphatic heterocycles. The molecule has 20 heavy (non-hydrogen) atoms. The van der Waals surface area contributed by atoms with Crippen molar-refractivity contribution in [3.8, 4) is 11.8 Å². The van der Waals surface area contributed by atoms with E-state index in [1.165, 1.54) is 7.11 Å². The molecule has 0 fully saturated rings. The summed E-state index contributed by atoms with van der Waals surface area (Å²) in [5, 5.41) is 10.0. The molecule has 2 rings (SSSR count). The lowest BCUT2D eigenvalue weighted by atomic mass is 10.1. The molecule has 0 spiro atoms. The summed E-state index contributed by atoms with van der Waals surface area (Å²) >= 11 is 0. The number of phenols is 1. The van der Waals surface area contributed by atoms with Gasteiger partial charge in [0.2, 0.25) is 0 Å². The summed E-state index contributed by atoms with van der Waals surface area (Å²) in [6.07, 6.45) is 0. The molecule has 0 bridgehead atoms. The van der Waals surface area contributed by atoms with Gasteiger partial charge in [-0.25, -0.2) is 4.99 Å². The van der Waals surface area contributed by atoms with Crippen LogP contribution in [0.1, 0.15) is 23.9 Å². The van der Waals surface area contributed by atoms with Gasteiger partial charge >= 0.3 is 6.01 Å². The molecular weight excluding hydrogens is 256 g/mol. The van der Waals surface area contributed by atoms with Gasteiger partial charge in [0.1, 0.15) is 11.6 Å². The minimum Gasteiger partial charge on any atom is -0.507 e. The third-order valence-corrected chi connectivity index (χ3v) is 2.79. The number of aromatic hydroxyl groups is 1. The highest BCUT2D eigenvalue weighted by Crippen LogP contribution is 2.23. The van der Waals surface area contributed by atoms with Crippen LogP contribution in [0.25, 0.3) is 0 Å². The highest BCUT2D eigenvalue weighted by molar-refractivity contribution is 6.02. The van der Waals surface area contributed by atoms with Crippen LogP contribution in [0.5, 0.6) is 11.8 Å². The highest BCUT2D eigenvalue weighted by atomic mass is 16.5. The number of benzene rings is 1. The van der Waals surface area contributed by atoms with E-state index in [0.29, 0.717) is 17.1 Å². The number of hydrogen-bond acceptors (Lipinski definition) is 6. The van der Waals surface area contributed by atoms with Crippen molar-refractivity contribution in [1.82, 2.24) is 15.0 Å². The Morgan fingerprint density at radius 2 is 1.95 bits per heavy atom. The molecular formula is C14H16N4O2. The Morgan fingerprint density at radius 1 is 1.20 bits per heavy atom. The van der Waals surface area contributed by atoms with E-state index in [2.05, 4.69) is 19.9 Å². The van der Waals surface area contributed by atoms with E-state index in [0.717, 1.165) is 5.56 Å². The number of methoxy groups -OCH3 is 1. The number of aliphatic imine (C=N–C) groups is 1. The number of nitrogens with zero attached hydrogens (tertiary/aromatic N) is 4. The maximum atomic E-state index is 10.0. The van der Waals surface area contributed by atoms with Crippen molar-refractivity contribution in [2.45, 2.75) is 20.8 Å². The summed E-state index contributed by atoms with van der Waals surface area (Å²) in [5.74, 6) is 0.996. The van der Waals surface area contributed by atoms with Crippen LogP contribution in [-0.4, -0.2) is 32.9 Å². The molecule has 0 saturated carbocycles. The van der Waals surface area contributed by atoms with Crippen LogP contribution in [0.3, 0.4) is 0 Å². The molecule has 0 amide bonds. The average Bonchev–Trinajstić information content (AvgIpc) is 2.41. The van der Waals surface area contributed by atoms with Crippen molar-refractivity contribution in [3.63, 3.8) is 0 Å². The van der Waals surface area contributed by atoms with Gasteiger partial charge in [-0.05, 0) is 32.4 Å². The fourth-order valence-corrected chi connectivity index (χ4v) is 1.75. The zero-order chi connectivity index (χ0) is 14.7. The maximum Gasteiger partial charge on any atom is 0.321 e. The van der Waals surface area contributed by atoms with Crippen LogP contribution < -0.4 is 4.74 Å². The Kier molecular flexibility index (Phi) is 3.93. The van der Waals surface area contributed by atoms with Gasteiger partial charge in [-0.1, -0.05) is 12.1 Å². The normalized spacial score (nSPS) is 11.5. The second-order valence-electron chi connectivity index (χ2n) is 4.34. The zero-order valence-electron chi connectivity index (χ0n) is 11.9. The molecule has 0 atom stereocenters. The second kappa shape index (κ2) is 5.64. The number of para-hydroxylation sites is 1. The van der Waals surface area contributed by atoms with Gasteiger partial charge in [-0.15, -0.1) is 0 Å². The smallest absolute Gasteiger partial charge is 0.321 e. The van der Waals surface area contributed by atoms with E-state index >= 15 is 0 Å². The van der Waals surface area contributed by atoms with Crippen molar-refractivity contribution in [1.29, 1.82) is 0 Å². The first-order chi connectivity index (χ1) is 9.51. The maximum absolute atomic E-state index is 10.0. The minimum absolute atomic E-state index is 0.214. The molecule has 1 aromatic carbocycles. The Morgan fingerprint density at radius 3 is 2.65 bits per heavy atom. The molecule has 0 saturated heterocycles. The van der Waals surface area contributed by atoms with Gasteiger partial charge in [0.15, 0.2) is 0 Å². The van der Waals surface area contributed by atoms with Crippen LogP contribution in [0.2, 0.25) is 0 Å². The molecule has 0 unspecified atom stereocenters. The fourth-order valence-electron chi connectivity index (χ4n) is 1.75. The van der Waals surface area contributed by atoms with Crippen molar-refractivity contribution in [2.75, 3.05) is 7.11 Å². The van der Waals surface area contributed by atoms with Crippen LogP contribution >= 0.6 is 0 Å². The van der Waals surface area contributed by atoms with E-state index in [1.54, 1.807) is 19.9 Å². The Hall–Kier alpha value is -2.50. The van der Waals surface area contributed by atoms with Gasteiger partial charge in [0.05, 0.1) is 12.8 Å². The van der Waals surface area contributed by atoms with Gasteiger partial charge in [-0.2, -0.15) is 15.0 Å². The summed E-state index contributed by atoms with van der Waals surface area (Å²) in [5.41, 5.74) is 2.07. The summed E-state index contributed by atoms with van der Waals surface area (Å²) in [7, 11) is 1.49. The van der Waals surface area contributed by atoms with E-state index in [4.69, 9.17) is 4.74 Å². The third kappa shape index (κ3) is 2.90. The molecule has 1 N–H and O–H groups in total. The predicted molar refractivity (Wildman–Crippen MR) is 75.8 cm³/mol. The Labute approximate surface area is 117 Å². The first-order valence-corrected chi connectivity index (χ1v) is 6.12. The first-order valence-electron chi connectivity index (χ1n) is 6.12. The fraction of sp³-hybridized carbons (Fsp3) is 0.286. The minimum atomic E-state index is 0.214. The second-order valence-corrected chi connectivity index (χ2v) is 4.34. The van der Waals surface area contributed by atoms with E-state index in [-0.39, 0.29) is 17.7 Å². The number of phenolic OH excluding ortho intramolecular Hbond substituents is 1. The SMILES string of the molecule is COc1nc(C)nc(/N=C(\C)c2cccc(C)c2O)n1. The highest BCUT2D eigenvalue weighted by Gasteiger charge is 2.08. The van der Waals surface area contributed by atoms with Gasteiger partial charge in [0, 0.05) is 5.56 Å². The van der Waals surface area contributed by atoms with Crippen molar-refractivity contribution in [2.24, 2.45) is 4.99 Å². The van der Waals surface area contributed by atoms with E-state index in [1.807, 2.05) is 19.1 Å². The van der Waals surface area contributed by atoms with E-state index < -0.39 is 0 Å². The quantitative estimate of drug-likeness (QED) is 0.867. The topological polar surface area (TPSA) is 80.5 Å². The number of aryl methyl sites for hydroxylation is 2. The molecule has 0 aliphatic carbocycles. The average molecular weight is 272 g/mol. The molecule has 2 aromatic rings. The lowest BCUT2D eigenvalue weighted by molar-refractivity contribution is 0.377. The summed E-state index contributed by atoms with van der Waals surface area (Å²) in [6, 6.07) is 5.72. The van der Waals surface area contributed by atoms with Gasteiger partial charge in [-0.3, -0.25) is 0 Å². The standard InChI is InChI=1S/C14H16N4O2/c1-8-6-5-7-11(12(8)19)9(2)15-13-16-10(3)17-14(18-13)20-4/h5-7,19H,1-4H3/b15-9+. The number of rotatable bonds is 3. The largest absolute Gasteiger partial charge is 0.507 e. The van der Waals surface area contributed by atoms with Crippen molar-refractivity contribution < 1.29 is 9.84 Å². The Bertz CT molecular complexity index is 668. The number of aromatic nitrogens is 3. The first kappa shape index (κ1) is 13.9. The molecule has 0 aliphatic rings. The lowest BCUT2D eigenvalue weighted by Crippen LogP contribution is -2.00. The summed E-state index contributed by atoms with van der Waals surface area (Å²) in [4.78, 5) is 16.5. The predicted octanol–water partition coefficient (Wildman–Crippen LogP) is 2.34. The Balaban J connectivity index is 2.44.